The zero-order valence-electron chi connectivity index (χ0n) is 14.5. The van der Waals surface area contributed by atoms with Crippen molar-refractivity contribution in [2.75, 3.05) is 13.2 Å². The summed E-state index contributed by atoms with van der Waals surface area (Å²) in [6.45, 7) is 12.5. The molecule has 124 valence electrons. The van der Waals surface area contributed by atoms with Gasteiger partial charge in [-0.2, -0.15) is 0 Å². The molecule has 4 nitrogen and oxygen atoms in total. The minimum atomic E-state index is -1.16. The molecule has 0 aromatic rings. The van der Waals surface area contributed by atoms with Crippen molar-refractivity contribution in [3.8, 4) is 0 Å². The van der Waals surface area contributed by atoms with Crippen molar-refractivity contribution in [2.45, 2.75) is 67.2 Å². The summed E-state index contributed by atoms with van der Waals surface area (Å²) in [5.41, 5.74) is -1.16. The number of carbonyl (C=O) groups excluding carboxylic acids is 2. The van der Waals surface area contributed by atoms with Gasteiger partial charge in [-0.25, -0.2) is 0 Å². The molecule has 0 unspecified atom stereocenters. The van der Waals surface area contributed by atoms with E-state index in [1.54, 1.807) is 6.92 Å². The molecule has 0 atom stereocenters. The summed E-state index contributed by atoms with van der Waals surface area (Å²) in [7, 11) is 0. The summed E-state index contributed by atoms with van der Waals surface area (Å²) < 4.78 is 10.6. The van der Waals surface area contributed by atoms with Gasteiger partial charge in [-0.3, -0.25) is 9.59 Å². The van der Waals surface area contributed by atoms with Crippen LogP contribution < -0.4 is 0 Å². The number of esters is 2. The summed E-state index contributed by atoms with van der Waals surface area (Å²) in [5.74, 6) is -0.426. The van der Waals surface area contributed by atoms with E-state index in [2.05, 4.69) is 0 Å². The van der Waals surface area contributed by atoms with Gasteiger partial charge in [0.25, 0.3) is 0 Å². The third-order valence-corrected chi connectivity index (χ3v) is 3.30. The maximum atomic E-state index is 12.6. The molecule has 4 heteroatoms. The van der Waals surface area contributed by atoms with Crippen LogP contribution in [0.2, 0.25) is 0 Å². The Balaban J connectivity index is 5.32. The molecule has 0 amide bonds. The maximum absolute atomic E-state index is 12.6. The van der Waals surface area contributed by atoms with Gasteiger partial charge < -0.3 is 9.47 Å². The Morgan fingerprint density at radius 3 is 1.76 bits per heavy atom. The fourth-order valence-electron chi connectivity index (χ4n) is 2.61. The number of carbonyl (C=O) groups is 2. The maximum Gasteiger partial charge on any atom is 0.323 e. The largest absolute Gasteiger partial charge is 0.465 e. The lowest BCUT2D eigenvalue weighted by molar-refractivity contribution is -0.175. The van der Waals surface area contributed by atoms with Crippen LogP contribution in [-0.2, 0) is 19.1 Å². The standard InChI is InChI=1S/C17H32O4/c1-7-9-10-21-16(19)17(11-13(3)4,12-14(5)6)15(18)20-8-2/h13-14H,7-12H2,1-6H3. The second-order valence-electron chi connectivity index (χ2n) is 6.49. The van der Waals surface area contributed by atoms with E-state index in [0.29, 0.717) is 19.4 Å². The number of rotatable bonds is 10. The molecule has 0 aliphatic carbocycles. The smallest absolute Gasteiger partial charge is 0.323 e. The van der Waals surface area contributed by atoms with Gasteiger partial charge in [0.1, 0.15) is 0 Å². The van der Waals surface area contributed by atoms with Crippen molar-refractivity contribution in [3.05, 3.63) is 0 Å². The summed E-state index contributed by atoms with van der Waals surface area (Å²) in [6, 6.07) is 0. The lowest BCUT2D eigenvalue weighted by Gasteiger charge is -2.32. The van der Waals surface area contributed by atoms with E-state index in [-0.39, 0.29) is 18.4 Å². The van der Waals surface area contributed by atoms with Crippen molar-refractivity contribution in [3.63, 3.8) is 0 Å². The van der Waals surface area contributed by atoms with E-state index < -0.39 is 17.4 Å². The van der Waals surface area contributed by atoms with E-state index in [0.717, 1.165) is 12.8 Å². The predicted molar refractivity (Wildman–Crippen MR) is 83.8 cm³/mol. The van der Waals surface area contributed by atoms with Gasteiger partial charge >= 0.3 is 11.9 Å². The van der Waals surface area contributed by atoms with Crippen molar-refractivity contribution in [1.29, 1.82) is 0 Å². The molecule has 0 radical (unpaired) electrons. The summed E-state index contributed by atoms with van der Waals surface area (Å²) in [4.78, 5) is 25.1. The molecule has 0 aliphatic rings. The molecule has 0 saturated heterocycles. The van der Waals surface area contributed by atoms with Gasteiger partial charge in [0.05, 0.1) is 13.2 Å². The monoisotopic (exact) mass is 300 g/mol. The average Bonchev–Trinajstić information content (AvgIpc) is 2.37. The first-order chi connectivity index (χ1) is 9.80. The van der Waals surface area contributed by atoms with Crippen molar-refractivity contribution in [2.24, 2.45) is 17.3 Å². The van der Waals surface area contributed by atoms with Crippen molar-refractivity contribution in [1.82, 2.24) is 0 Å². The first kappa shape index (κ1) is 19.9. The van der Waals surface area contributed by atoms with E-state index in [1.165, 1.54) is 0 Å². The minimum Gasteiger partial charge on any atom is -0.465 e. The molecule has 0 rings (SSSR count). The highest BCUT2D eigenvalue weighted by atomic mass is 16.6. The first-order valence-corrected chi connectivity index (χ1v) is 8.14. The lowest BCUT2D eigenvalue weighted by Crippen LogP contribution is -2.44. The van der Waals surface area contributed by atoms with Crippen LogP contribution in [0.15, 0.2) is 0 Å². The van der Waals surface area contributed by atoms with Crippen LogP contribution in [-0.4, -0.2) is 25.2 Å². The van der Waals surface area contributed by atoms with Crippen LogP contribution in [0.3, 0.4) is 0 Å². The summed E-state index contributed by atoms with van der Waals surface area (Å²) >= 11 is 0. The molecule has 0 N–H and O–H groups in total. The molecule has 21 heavy (non-hydrogen) atoms. The van der Waals surface area contributed by atoms with Gasteiger partial charge in [-0.1, -0.05) is 41.0 Å². The second-order valence-corrected chi connectivity index (χ2v) is 6.49. The molecule has 0 heterocycles. The number of hydrogen-bond acceptors (Lipinski definition) is 4. The van der Waals surface area contributed by atoms with E-state index in [1.807, 2.05) is 34.6 Å². The topological polar surface area (TPSA) is 52.6 Å². The van der Waals surface area contributed by atoms with Crippen LogP contribution in [0.4, 0.5) is 0 Å². The Morgan fingerprint density at radius 2 is 1.38 bits per heavy atom. The Labute approximate surface area is 129 Å². The van der Waals surface area contributed by atoms with E-state index in [4.69, 9.17) is 9.47 Å². The highest BCUT2D eigenvalue weighted by Crippen LogP contribution is 2.37. The second kappa shape index (κ2) is 9.80. The van der Waals surface area contributed by atoms with Gasteiger partial charge in [0, 0.05) is 0 Å². The number of ether oxygens (including phenoxy) is 2. The van der Waals surface area contributed by atoms with Gasteiger partial charge in [-0.15, -0.1) is 0 Å². The minimum absolute atomic E-state index is 0.215. The van der Waals surface area contributed by atoms with Crippen LogP contribution in [0, 0.1) is 17.3 Å². The molecule has 0 saturated carbocycles. The van der Waals surface area contributed by atoms with E-state index >= 15 is 0 Å². The normalized spacial score (nSPS) is 11.8. The first-order valence-electron chi connectivity index (χ1n) is 8.14. The van der Waals surface area contributed by atoms with Crippen LogP contribution >= 0.6 is 0 Å². The molecule has 0 fully saturated rings. The zero-order valence-corrected chi connectivity index (χ0v) is 14.5. The molecule has 0 spiro atoms. The highest BCUT2D eigenvalue weighted by molar-refractivity contribution is 6.00. The average molecular weight is 300 g/mol. The number of unbranched alkanes of at least 4 members (excludes halogenated alkanes) is 1. The predicted octanol–water partition coefficient (Wildman–Crippen LogP) is 3.97. The Kier molecular flexibility index (Phi) is 9.31. The molecule has 0 aromatic carbocycles. The molecular weight excluding hydrogens is 268 g/mol. The summed E-state index contributed by atoms with van der Waals surface area (Å²) in [5, 5.41) is 0. The van der Waals surface area contributed by atoms with E-state index in [9.17, 15) is 9.59 Å². The van der Waals surface area contributed by atoms with Crippen molar-refractivity contribution < 1.29 is 19.1 Å². The Bertz CT molecular complexity index is 311. The van der Waals surface area contributed by atoms with Crippen molar-refractivity contribution >= 4 is 11.9 Å². The molecular formula is C17H32O4. The third-order valence-electron chi connectivity index (χ3n) is 3.30. The lowest BCUT2D eigenvalue weighted by atomic mass is 9.74. The van der Waals surface area contributed by atoms with Gasteiger partial charge in [0.2, 0.25) is 0 Å². The fraction of sp³-hybridized carbons (Fsp3) is 0.882. The van der Waals surface area contributed by atoms with Crippen LogP contribution in [0.25, 0.3) is 0 Å². The molecule has 0 aliphatic heterocycles. The SMILES string of the molecule is CCCCOC(=O)C(CC(C)C)(CC(C)C)C(=O)OCC. The number of hydrogen-bond donors (Lipinski definition) is 0. The third kappa shape index (κ3) is 6.49. The fourth-order valence-corrected chi connectivity index (χ4v) is 2.61. The van der Waals surface area contributed by atoms with Gasteiger partial charge in [0.15, 0.2) is 5.41 Å². The quantitative estimate of drug-likeness (QED) is 0.348. The van der Waals surface area contributed by atoms with Gasteiger partial charge in [-0.05, 0) is 38.0 Å². The van der Waals surface area contributed by atoms with Crippen LogP contribution in [0.1, 0.15) is 67.2 Å². The summed E-state index contributed by atoms with van der Waals surface area (Å²) in [6.07, 6.45) is 2.70. The Morgan fingerprint density at radius 1 is 0.905 bits per heavy atom. The Hall–Kier alpha value is -1.06. The highest BCUT2D eigenvalue weighted by Gasteiger charge is 2.49. The molecule has 0 aromatic heterocycles. The van der Waals surface area contributed by atoms with Crippen LogP contribution in [0.5, 0.6) is 0 Å². The zero-order chi connectivity index (χ0) is 16.5. The molecule has 0 bridgehead atoms.